The summed E-state index contributed by atoms with van der Waals surface area (Å²) in [7, 11) is 1.66. The molecule has 2 aromatic rings. The van der Waals surface area contributed by atoms with Gasteiger partial charge in [0.25, 0.3) is 0 Å². The Labute approximate surface area is 125 Å². The van der Waals surface area contributed by atoms with E-state index in [0.29, 0.717) is 6.61 Å². The predicted octanol–water partition coefficient (Wildman–Crippen LogP) is 4.73. The van der Waals surface area contributed by atoms with Crippen molar-refractivity contribution in [2.75, 3.05) is 13.7 Å². The van der Waals surface area contributed by atoms with Gasteiger partial charge in [-0.3, -0.25) is 0 Å². The zero-order chi connectivity index (χ0) is 14.5. The summed E-state index contributed by atoms with van der Waals surface area (Å²) >= 11 is 6.60. The van der Waals surface area contributed by atoms with Crippen molar-refractivity contribution in [2.45, 2.75) is 19.2 Å². The molecule has 0 amide bonds. The number of aryl methyl sites for hydroxylation is 1. The molecule has 0 bridgehead atoms. The largest absolute Gasteiger partial charge is 0.496 e. The first-order valence-corrected chi connectivity index (χ1v) is 7.10. The van der Waals surface area contributed by atoms with E-state index in [-0.39, 0.29) is 5.38 Å². The van der Waals surface area contributed by atoms with Crippen molar-refractivity contribution in [3.63, 3.8) is 0 Å². The van der Waals surface area contributed by atoms with Crippen LogP contribution in [0.4, 0.5) is 0 Å². The van der Waals surface area contributed by atoms with Crippen molar-refractivity contribution in [1.82, 2.24) is 0 Å². The average molecular weight is 291 g/mol. The van der Waals surface area contributed by atoms with Gasteiger partial charge in [-0.25, -0.2) is 0 Å². The molecule has 0 radical (unpaired) electrons. The van der Waals surface area contributed by atoms with Crippen molar-refractivity contribution >= 4 is 11.6 Å². The molecule has 0 heterocycles. The number of benzene rings is 2. The zero-order valence-electron chi connectivity index (χ0n) is 12.0. The Morgan fingerprint density at radius 1 is 1.10 bits per heavy atom. The lowest BCUT2D eigenvalue weighted by Gasteiger charge is -2.15. The Hall–Kier alpha value is -1.67. The van der Waals surface area contributed by atoms with Crippen molar-refractivity contribution in [1.29, 1.82) is 0 Å². The molecule has 2 nitrogen and oxygen atoms in total. The predicted molar refractivity (Wildman–Crippen MR) is 83.0 cm³/mol. The summed E-state index contributed by atoms with van der Waals surface area (Å²) in [6.07, 6.45) is 0. The third-order valence-corrected chi connectivity index (χ3v) is 3.63. The molecule has 2 rings (SSSR count). The minimum absolute atomic E-state index is 0.236. The van der Waals surface area contributed by atoms with Crippen molar-refractivity contribution in [3.05, 3.63) is 59.2 Å². The maximum atomic E-state index is 6.60. The summed E-state index contributed by atoms with van der Waals surface area (Å²) in [4.78, 5) is 0. The molecule has 0 aliphatic carbocycles. The van der Waals surface area contributed by atoms with Gasteiger partial charge < -0.3 is 9.47 Å². The minimum atomic E-state index is -0.236. The fourth-order valence-electron chi connectivity index (χ4n) is 2.13. The molecule has 0 N–H and O–H groups in total. The molecule has 106 valence electrons. The molecular weight excluding hydrogens is 272 g/mol. The van der Waals surface area contributed by atoms with Crippen LogP contribution < -0.4 is 9.47 Å². The van der Waals surface area contributed by atoms with Crippen molar-refractivity contribution < 1.29 is 9.47 Å². The summed E-state index contributed by atoms with van der Waals surface area (Å²) in [5, 5.41) is -0.236. The van der Waals surface area contributed by atoms with E-state index < -0.39 is 0 Å². The molecule has 1 atom stereocenters. The topological polar surface area (TPSA) is 18.5 Å². The maximum Gasteiger partial charge on any atom is 0.123 e. The second-order valence-electron chi connectivity index (χ2n) is 4.61. The van der Waals surface area contributed by atoms with Gasteiger partial charge >= 0.3 is 0 Å². The first-order chi connectivity index (χ1) is 9.65. The smallest absolute Gasteiger partial charge is 0.123 e. The van der Waals surface area contributed by atoms with Crippen LogP contribution in [-0.2, 0) is 0 Å². The van der Waals surface area contributed by atoms with Gasteiger partial charge in [0.1, 0.15) is 11.5 Å². The van der Waals surface area contributed by atoms with Crippen LogP contribution in [0.2, 0.25) is 0 Å². The molecule has 2 aromatic carbocycles. The molecule has 0 aromatic heterocycles. The van der Waals surface area contributed by atoms with Crippen LogP contribution >= 0.6 is 11.6 Å². The maximum absolute atomic E-state index is 6.60. The number of hydrogen-bond donors (Lipinski definition) is 0. The van der Waals surface area contributed by atoms with Crippen LogP contribution in [0.5, 0.6) is 11.5 Å². The molecule has 0 saturated heterocycles. The summed E-state index contributed by atoms with van der Waals surface area (Å²) < 4.78 is 10.8. The highest BCUT2D eigenvalue weighted by Gasteiger charge is 2.16. The lowest BCUT2D eigenvalue weighted by molar-refractivity contribution is 0.340. The third-order valence-electron chi connectivity index (χ3n) is 3.14. The SMILES string of the molecule is CCOc1ccc(C(Cl)c2cc(C)ccc2OC)cc1. The number of ether oxygens (including phenoxy) is 2. The van der Waals surface area contributed by atoms with E-state index in [4.69, 9.17) is 21.1 Å². The zero-order valence-corrected chi connectivity index (χ0v) is 12.8. The molecule has 0 aliphatic rings. The fourth-order valence-corrected chi connectivity index (χ4v) is 2.45. The van der Waals surface area contributed by atoms with Crippen LogP contribution in [0, 0.1) is 6.92 Å². The van der Waals surface area contributed by atoms with Crippen molar-refractivity contribution in [3.8, 4) is 11.5 Å². The monoisotopic (exact) mass is 290 g/mol. The summed E-state index contributed by atoms with van der Waals surface area (Å²) in [5.74, 6) is 1.67. The quantitative estimate of drug-likeness (QED) is 0.741. The first-order valence-electron chi connectivity index (χ1n) is 6.67. The molecule has 0 spiro atoms. The van der Waals surface area contributed by atoms with Gasteiger partial charge in [0, 0.05) is 5.56 Å². The van der Waals surface area contributed by atoms with Gasteiger partial charge in [-0.1, -0.05) is 29.8 Å². The number of hydrogen-bond acceptors (Lipinski definition) is 2. The van der Waals surface area contributed by atoms with Gasteiger partial charge in [-0.05, 0) is 37.6 Å². The van der Waals surface area contributed by atoms with Crippen molar-refractivity contribution in [2.24, 2.45) is 0 Å². The van der Waals surface area contributed by atoms with E-state index in [2.05, 4.69) is 6.07 Å². The lowest BCUT2D eigenvalue weighted by Crippen LogP contribution is -1.98. The molecule has 0 fully saturated rings. The second-order valence-corrected chi connectivity index (χ2v) is 5.05. The highest BCUT2D eigenvalue weighted by atomic mass is 35.5. The number of methoxy groups -OCH3 is 1. The number of halogens is 1. The third kappa shape index (κ3) is 3.26. The molecule has 0 saturated carbocycles. The van der Waals surface area contributed by atoms with E-state index >= 15 is 0 Å². The van der Waals surface area contributed by atoms with Gasteiger partial charge in [0.05, 0.1) is 19.1 Å². The van der Waals surface area contributed by atoms with E-state index in [1.165, 1.54) is 0 Å². The fraction of sp³-hybridized carbons (Fsp3) is 0.294. The molecule has 20 heavy (non-hydrogen) atoms. The van der Waals surface area contributed by atoms with Crippen LogP contribution in [0.25, 0.3) is 0 Å². The average Bonchev–Trinajstić information content (AvgIpc) is 2.47. The first kappa shape index (κ1) is 14.7. The van der Waals surface area contributed by atoms with Gasteiger partial charge in [0.15, 0.2) is 0 Å². The summed E-state index contributed by atoms with van der Waals surface area (Å²) in [6, 6.07) is 13.9. The van der Waals surface area contributed by atoms with Gasteiger partial charge in [-0.15, -0.1) is 11.6 Å². The standard InChI is InChI=1S/C17H19ClO2/c1-4-20-14-8-6-13(7-9-14)17(18)15-11-12(2)5-10-16(15)19-3/h5-11,17H,4H2,1-3H3. The summed E-state index contributed by atoms with van der Waals surface area (Å²) in [6.45, 7) is 4.68. The van der Waals surface area contributed by atoms with Crippen LogP contribution in [0.15, 0.2) is 42.5 Å². The van der Waals surface area contributed by atoms with E-state index in [1.54, 1.807) is 7.11 Å². The number of rotatable bonds is 5. The Morgan fingerprint density at radius 3 is 2.40 bits per heavy atom. The highest BCUT2D eigenvalue weighted by molar-refractivity contribution is 6.22. The highest BCUT2D eigenvalue weighted by Crippen LogP contribution is 2.36. The van der Waals surface area contributed by atoms with E-state index in [0.717, 1.165) is 28.2 Å². The Kier molecular flexibility index (Phi) is 4.91. The minimum Gasteiger partial charge on any atom is -0.496 e. The molecule has 3 heteroatoms. The second kappa shape index (κ2) is 6.67. The molecular formula is C17H19ClO2. The normalized spacial score (nSPS) is 12.0. The Morgan fingerprint density at radius 2 is 1.80 bits per heavy atom. The van der Waals surface area contributed by atoms with Crippen LogP contribution in [-0.4, -0.2) is 13.7 Å². The van der Waals surface area contributed by atoms with Gasteiger partial charge in [-0.2, -0.15) is 0 Å². The lowest BCUT2D eigenvalue weighted by atomic mass is 10.0. The van der Waals surface area contributed by atoms with E-state index in [9.17, 15) is 0 Å². The van der Waals surface area contributed by atoms with E-state index in [1.807, 2.05) is 50.2 Å². The number of alkyl halides is 1. The van der Waals surface area contributed by atoms with Gasteiger partial charge in [0.2, 0.25) is 0 Å². The molecule has 1 unspecified atom stereocenters. The Balaban J connectivity index is 2.30. The summed E-state index contributed by atoms with van der Waals surface area (Å²) in [5.41, 5.74) is 3.18. The Bertz CT molecular complexity index is 564. The van der Waals surface area contributed by atoms with Crippen LogP contribution in [0.1, 0.15) is 29.0 Å². The van der Waals surface area contributed by atoms with Crippen LogP contribution in [0.3, 0.4) is 0 Å². The molecule has 0 aliphatic heterocycles.